The quantitative estimate of drug-likeness (QED) is 0.720. The summed E-state index contributed by atoms with van der Waals surface area (Å²) in [6.07, 6.45) is 4.15. The molecule has 0 spiro atoms. The summed E-state index contributed by atoms with van der Waals surface area (Å²) < 4.78 is 0. The van der Waals surface area contributed by atoms with Crippen molar-refractivity contribution in [3.63, 3.8) is 0 Å². The molecule has 0 aromatic carbocycles. The number of hydrogen-bond acceptors (Lipinski definition) is 2. The third-order valence-electron chi connectivity index (χ3n) is 3.62. The second-order valence-electron chi connectivity index (χ2n) is 6.63. The first-order valence-corrected chi connectivity index (χ1v) is 6.87. The molecular formula is C14H30N2. The minimum absolute atomic E-state index is 0.244. The van der Waals surface area contributed by atoms with Gasteiger partial charge in [0, 0.05) is 24.7 Å². The van der Waals surface area contributed by atoms with Gasteiger partial charge in [-0.15, -0.1) is 0 Å². The van der Waals surface area contributed by atoms with Crippen LogP contribution in [0, 0.1) is 11.8 Å². The molecule has 0 radical (unpaired) electrons. The molecule has 3 unspecified atom stereocenters. The molecule has 0 amide bonds. The van der Waals surface area contributed by atoms with E-state index in [9.17, 15) is 0 Å². The summed E-state index contributed by atoms with van der Waals surface area (Å²) in [5.41, 5.74) is 0.244. The Morgan fingerprint density at radius 1 is 1.06 bits per heavy atom. The van der Waals surface area contributed by atoms with Crippen LogP contribution >= 0.6 is 0 Å². The average Bonchev–Trinajstić information content (AvgIpc) is 2.13. The zero-order valence-electron chi connectivity index (χ0n) is 11.8. The van der Waals surface area contributed by atoms with Crippen molar-refractivity contribution < 1.29 is 0 Å². The van der Waals surface area contributed by atoms with E-state index in [1.165, 1.54) is 19.3 Å². The lowest BCUT2D eigenvalue weighted by molar-refractivity contribution is 0.227. The summed E-state index contributed by atoms with van der Waals surface area (Å²) in [5, 5.41) is 7.22. The molecule has 0 aromatic heterocycles. The van der Waals surface area contributed by atoms with Crippen LogP contribution in [-0.4, -0.2) is 24.7 Å². The van der Waals surface area contributed by atoms with Gasteiger partial charge in [-0.25, -0.2) is 0 Å². The molecule has 0 bridgehead atoms. The number of rotatable bonds is 4. The fraction of sp³-hybridized carbons (Fsp3) is 1.00. The summed E-state index contributed by atoms with van der Waals surface area (Å²) >= 11 is 0. The van der Waals surface area contributed by atoms with Gasteiger partial charge in [-0.2, -0.15) is 0 Å². The van der Waals surface area contributed by atoms with Crippen molar-refractivity contribution in [3.05, 3.63) is 0 Å². The molecule has 0 saturated heterocycles. The second-order valence-corrected chi connectivity index (χ2v) is 6.63. The number of nitrogens with one attached hydrogen (secondary N) is 2. The molecule has 1 fully saturated rings. The van der Waals surface area contributed by atoms with E-state index in [1.54, 1.807) is 0 Å². The second kappa shape index (κ2) is 6.02. The molecule has 2 nitrogen and oxygen atoms in total. The molecule has 1 aliphatic rings. The van der Waals surface area contributed by atoms with Gasteiger partial charge in [-0.05, 0) is 51.9 Å². The maximum absolute atomic E-state index is 3.70. The predicted molar refractivity (Wildman–Crippen MR) is 71.7 cm³/mol. The van der Waals surface area contributed by atoms with E-state index in [0.717, 1.165) is 31.0 Å². The fourth-order valence-electron chi connectivity index (χ4n) is 2.66. The Balaban J connectivity index is 2.13. The van der Waals surface area contributed by atoms with Crippen LogP contribution in [0.2, 0.25) is 0 Å². The zero-order valence-corrected chi connectivity index (χ0v) is 11.8. The maximum Gasteiger partial charge on any atom is 0.00970 e. The zero-order chi connectivity index (χ0) is 12.2. The monoisotopic (exact) mass is 226 g/mol. The largest absolute Gasteiger partial charge is 0.312 e. The highest BCUT2D eigenvalue weighted by molar-refractivity contribution is 4.81. The van der Waals surface area contributed by atoms with E-state index in [0.29, 0.717) is 0 Å². The Labute approximate surface area is 102 Å². The van der Waals surface area contributed by atoms with E-state index < -0.39 is 0 Å². The van der Waals surface area contributed by atoms with Crippen molar-refractivity contribution in [1.29, 1.82) is 0 Å². The molecule has 16 heavy (non-hydrogen) atoms. The van der Waals surface area contributed by atoms with E-state index in [2.05, 4.69) is 45.3 Å². The van der Waals surface area contributed by atoms with Gasteiger partial charge in [0.1, 0.15) is 0 Å². The van der Waals surface area contributed by atoms with Gasteiger partial charge < -0.3 is 10.6 Å². The normalized spacial score (nSPS) is 31.7. The summed E-state index contributed by atoms with van der Waals surface area (Å²) in [6, 6.07) is 0.748. The Morgan fingerprint density at radius 3 is 2.31 bits per heavy atom. The maximum atomic E-state index is 3.70. The highest BCUT2D eigenvalue weighted by Crippen LogP contribution is 2.28. The first-order valence-electron chi connectivity index (χ1n) is 6.87. The van der Waals surface area contributed by atoms with Gasteiger partial charge in [0.15, 0.2) is 0 Å². The fourth-order valence-corrected chi connectivity index (χ4v) is 2.66. The van der Waals surface area contributed by atoms with Crippen molar-refractivity contribution in [2.24, 2.45) is 11.8 Å². The van der Waals surface area contributed by atoms with Crippen LogP contribution < -0.4 is 10.6 Å². The van der Waals surface area contributed by atoms with Gasteiger partial charge in [0.2, 0.25) is 0 Å². The number of hydrogen-bond donors (Lipinski definition) is 2. The lowest BCUT2D eigenvalue weighted by Crippen LogP contribution is -2.45. The molecule has 3 atom stereocenters. The summed E-state index contributed by atoms with van der Waals surface area (Å²) in [5.74, 6) is 1.78. The molecule has 1 saturated carbocycles. The predicted octanol–water partition coefficient (Wildman–Crippen LogP) is 2.79. The molecule has 0 aromatic rings. The minimum atomic E-state index is 0.244. The molecule has 96 valence electrons. The SMILES string of the molecule is CC1CCC(NCCNC(C)(C)C)C(C)C1. The molecule has 1 rings (SSSR count). The van der Waals surface area contributed by atoms with Crippen molar-refractivity contribution in [3.8, 4) is 0 Å². The van der Waals surface area contributed by atoms with Gasteiger partial charge in [-0.1, -0.05) is 13.8 Å². The lowest BCUT2D eigenvalue weighted by atomic mass is 9.80. The van der Waals surface area contributed by atoms with Crippen LogP contribution in [0.5, 0.6) is 0 Å². The first kappa shape index (κ1) is 14.0. The summed E-state index contributed by atoms with van der Waals surface area (Å²) in [4.78, 5) is 0. The smallest absolute Gasteiger partial charge is 0.00970 e. The van der Waals surface area contributed by atoms with Gasteiger partial charge >= 0.3 is 0 Å². The van der Waals surface area contributed by atoms with E-state index in [-0.39, 0.29) is 5.54 Å². The topological polar surface area (TPSA) is 24.1 Å². The van der Waals surface area contributed by atoms with E-state index in [4.69, 9.17) is 0 Å². The molecule has 2 heteroatoms. The van der Waals surface area contributed by atoms with Gasteiger partial charge in [0.05, 0.1) is 0 Å². The van der Waals surface area contributed by atoms with Crippen LogP contribution in [0.25, 0.3) is 0 Å². The summed E-state index contributed by atoms with van der Waals surface area (Å²) in [7, 11) is 0. The summed E-state index contributed by atoms with van der Waals surface area (Å²) in [6.45, 7) is 13.6. The van der Waals surface area contributed by atoms with Crippen molar-refractivity contribution in [1.82, 2.24) is 10.6 Å². The van der Waals surface area contributed by atoms with Crippen LogP contribution in [0.3, 0.4) is 0 Å². The van der Waals surface area contributed by atoms with E-state index in [1.807, 2.05) is 0 Å². The molecular weight excluding hydrogens is 196 g/mol. The first-order chi connectivity index (χ1) is 7.38. The Bertz CT molecular complexity index is 195. The highest BCUT2D eigenvalue weighted by atomic mass is 15.0. The van der Waals surface area contributed by atoms with Crippen LogP contribution in [0.1, 0.15) is 53.9 Å². The Morgan fingerprint density at radius 2 is 1.75 bits per heavy atom. The van der Waals surface area contributed by atoms with Crippen LogP contribution in [-0.2, 0) is 0 Å². The molecule has 2 N–H and O–H groups in total. The van der Waals surface area contributed by atoms with Crippen molar-refractivity contribution >= 4 is 0 Å². The molecule has 0 aliphatic heterocycles. The minimum Gasteiger partial charge on any atom is -0.312 e. The Kier molecular flexibility index (Phi) is 5.26. The van der Waals surface area contributed by atoms with Crippen molar-refractivity contribution in [2.45, 2.75) is 65.5 Å². The molecule has 1 aliphatic carbocycles. The van der Waals surface area contributed by atoms with Crippen LogP contribution in [0.15, 0.2) is 0 Å². The van der Waals surface area contributed by atoms with Gasteiger partial charge in [0.25, 0.3) is 0 Å². The third-order valence-corrected chi connectivity index (χ3v) is 3.62. The highest BCUT2D eigenvalue weighted by Gasteiger charge is 2.24. The Hall–Kier alpha value is -0.0800. The van der Waals surface area contributed by atoms with Gasteiger partial charge in [-0.3, -0.25) is 0 Å². The average molecular weight is 226 g/mol. The van der Waals surface area contributed by atoms with Crippen molar-refractivity contribution in [2.75, 3.05) is 13.1 Å². The third kappa shape index (κ3) is 5.31. The molecule has 0 heterocycles. The van der Waals surface area contributed by atoms with Crippen LogP contribution in [0.4, 0.5) is 0 Å². The lowest BCUT2D eigenvalue weighted by Gasteiger charge is -2.33. The standard InChI is InChI=1S/C14H30N2/c1-11-6-7-13(12(2)10-11)15-8-9-16-14(3,4)5/h11-13,15-16H,6-10H2,1-5H3. The van der Waals surface area contributed by atoms with E-state index >= 15 is 0 Å².